The van der Waals surface area contributed by atoms with E-state index in [0.29, 0.717) is 23.9 Å². The first-order valence-corrected chi connectivity index (χ1v) is 31.0. The fraction of sp³-hybridized carbons (Fsp3) is 0.931. The molecule has 0 aliphatic heterocycles. The van der Waals surface area contributed by atoms with Crippen molar-refractivity contribution in [3.63, 3.8) is 0 Å². The molecule has 0 spiro atoms. The minimum absolute atomic E-state index is 0.0455. The van der Waals surface area contributed by atoms with Gasteiger partial charge in [0.25, 0.3) is 0 Å². The Labute approximate surface area is 422 Å². The van der Waals surface area contributed by atoms with E-state index in [2.05, 4.69) is 26.1 Å². The zero-order valence-electron chi connectivity index (χ0n) is 46.1. The van der Waals surface area contributed by atoms with Gasteiger partial charge in [0.05, 0.1) is 33.8 Å². The van der Waals surface area contributed by atoms with Gasteiger partial charge in [-0.1, -0.05) is 264 Å². The summed E-state index contributed by atoms with van der Waals surface area (Å²) in [5, 5.41) is 3.06. The molecule has 0 saturated carbocycles. The minimum Gasteiger partial charge on any atom is -0.456 e. The molecule has 1 amide bonds. The number of nitrogens with zero attached hydrogens (tertiary/aromatic N) is 1. The number of nitrogens with one attached hydrogen (secondary N) is 1. The lowest BCUT2D eigenvalue weighted by molar-refractivity contribution is -0.870. The van der Waals surface area contributed by atoms with Crippen LogP contribution in [0.5, 0.6) is 0 Å². The second kappa shape index (κ2) is 49.3. The summed E-state index contributed by atoms with van der Waals surface area (Å²) in [5.74, 6) is -0.487. The molecular formula is C58H116N2O7P+. The Balaban J connectivity index is 5.25. The summed E-state index contributed by atoms with van der Waals surface area (Å²) in [6.07, 6.45) is 54.8. The number of carbonyl (C=O) groups excluding carboxylic acids is 2. The fourth-order valence-electron chi connectivity index (χ4n) is 8.88. The molecule has 0 heterocycles. The van der Waals surface area contributed by atoms with Crippen LogP contribution in [0, 0.1) is 0 Å². The number of hydrogen-bond acceptors (Lipinski definition) is 6. The molecule has 0 aliphatic rings. The van der Waals surface area contributed by atoms with Gasteiger partial charge in [0.1, 0.15) is 19.3 Å². The smallest absolute Gasteiger partial charge is 0.456 e. The van der Waals surface area contributed by atoms with Crippen molar-refractivity contribution in [2.24, 2.45) is 0 Å². The molecule has 0 bridgehead atoms. The Hall–Kier alpha value is -1.25. The quantitative estimate of drug-likeness (QED) is 0.0205. The van der Waals surface area contributed by atoms with E-state index in [1.165, 1.54) is 205 Å². The number of likely N-dealkylation sites (N-methyl/N-ethyl adjacent to an activating group) is 1. The van der Waals surface area contributed by atoms with Crippen molar-refractivity contribution in [1.29, 1.82) is 0 Å². The first-order chi connectivity index (χ1) is 32.9. The average Bonchev–Trinajstić information content (AvgIpc) is 3.29. The van der Waals surface area contributed by atoms with E-state index in [1.54, 1.807) is 0 Å². The van der Waals surface area contributed by atoms with Crippen LogP contribution in [0.4, 0.5) is 0 Å². The van der Waals surface area contributed by atoms with Gasteiger partial charge in [-0.15, -0.1) is 0 Å². The summed E-state index contributed by atoms with van der Waals surface area (Å²) >= 11 is 0. The van der Waals surface area contributed by atoms with E-state index < -0.39 is 20.0 Å². The summed E-state index contributed by atoms with van der Waals surface area (Å²) in [6, 6.07) is -0.838. The predicted octanol–water partition coefficient (Wildman–Crippen LogP) is 17.6. The van der Waals surface area contributed by atoms with Crippen molar-refractivity contribution in [2.75, 3.05) is 40.9 Å². The monoisotopic (exact) mass is 984 g/mol. The first-order valence-electron chi connectivity index (χ1n) is 29.5. The number of allylic oxidation sites excluding steroid dienone is 1. The molecule has 0 fully saturated rings. The van der Waals surface area contributed by atoms with Crippen molar-refractivity contribution < 1.29 is 37.3 Å². The molecule has 0 aromatic heterocycles. The molecule has 0 saturated heterocycles. The minimum atomic E-state index is -4.43. The largest absolute Gasteiger partial charge is 0.472 e. The van der Waals surface area contributed by atoms with E-state index in [9.17, 15) is 19.0 Å². The van der Waals surface area contributed by atoms with Crippen LogP contribution in [0.2, 0.25) is 0 Å². The summed E-state index contributed by atoms with van der Waals surface area (Å²) in [7, 11) is 1.52. The van der Waals surface area contributed by atoms with Crippen LogP contribution in [-0.4, -0.2) is 74.3 Å². The molecule has 0 radical (unpaired) electrons. The molecule has 9 nitrogen and oxygen atoms in total. The highest BCUT2D eigenvalue weighted by molar-refractivity contribution is 7.47. The Kier molecular flexibility index (Phi) is 48.4. The average molecular weight is 985 g/mol. The van der Waals surface area contributed by atoms with Gasteiger partial charge >= 0.3 is 13.8 Å². The van der Waals surface area contributed by atoms with E-state index in [1.807, 2.05) is 33.3 Å². The van der Waals surface area contributed by atoms with Crippen LogP contribution in [0.1, 0.15) is 297 Å². The summed E-state index contributed by atoms with van der Waals surface area (Å²) in [4.78, 5) is 37.6. The lowest BCUT2D eigenvalue weighted by Crippen LogP contribution is -2.47. The zero-order chi connectivity index (χ0) is 50.1. The Bertz CT molecular complexity index is 1180. The molecule has 2 N–H and O–H groups in total. The second-order valence-electron chi connectivity index (χ2n) is 21.5. The molecule has 68 heavy (non-hydrogen) atoms. The van der Waals surface area contributed by atoms with Gasteiger partial charge in [0.15, 0.2) is 0 Å². The van der Waals surface area contributed by atoms with E-state index in [-0.39, 0.29) is 25.1 Å². The van der Waals surface area contributed by atoms with Crippen molar-refractivity contribution in [2.45, 2.75) is 309 Å². The van der Waals surface area contributed by atoms with Gasteiger partial charge in [-0.2, -0.15) is 0 Å². The van der Waals surface area contributed by atoms with E-state index >= 15 is 0 Å². The number of carbonyl (C=O) groups is 2. The maximum atomic E-state index is 13.5. The standard InChI is InChI=1S/C58H115N2O7P/c1-7-10-13-16-19-22-25-27-29-31-32-35-38-41-44-47-50-57(61)59-55(54-66-68(63,64)65-53-52-60(4,5)6)56(49-46-43-40-37-34-24-21-18-15-12-9-3)67-58(62)51-48-45-42-39-36-33-30-28-26-23-20-17-14-11-8-2/h46,49,55-56H,7-45,47-48,50-54H2,1-6H3,(H-,59,61,63,64)/p+1/b49-46+. The number of quaternary nitrogens is 1. The first kappa shape index (κ1) is 66.8. The zero-order valence-corrected chi connectivity index (χ0v) is 47.0. The topological polar surface area (TPSA) is 111 Å². The maximum absolute atomic E-state index is 13.5. The number of ether oxygens (including phenoxy) is 1. The van der Waals surface area contributed by atoms with Crippen LogP contribution < -0.4 is 5.32 Å². The number of amides is 1. The third-order valence-electron chi connectivity index (χ3n) is 13.5. The van der Waals surface area contributed by atoms with Crippen molar-refractivity contribution >= 4 is 19.7 Å². The molecular weight excluding hydrogens is 868 g/mol. The normalized spacial score (nSPS) is 13.8. The lowest BCUT2D eigenvalue weighted by atomic mass is 10.0. The van der Waals surface area contributed by atoms with Crippen LogP contribution >= 0.6 is 7.82 Å². The highest BCUT2D eigenvalue weighted by atomic mass is 31.2. The van der Waals surface area contributed by atoms with Crippen molar-refractivity contribution in [3.8, 4) is 0 Å². The number of hydrogen-bond donors (Lipinski definition) is 2. The molecule has 3 unspecified atom stereocenters. The number of rotatable bonds is 54. The van der Waals surface area contributed by atoms with Gasteiger partial charge in [0.2, 0.25) is 5.91 Å². The second-order valence-corrected chi connectivity index (χ2v) is 23.0. The van der Waals surface area contributed by atoms with Crippen LogP contribution in [0.25, 0.3) is 0 Å². The number of phosphoric acid groups is 1. The molecule has 10 heteroatoms. The number of phosphoric ester groups is 1. The summed E-state index contributed by atoms with van der Waals surface area (Å²) in [6.45, 7) is 7.05. The number of unbranched alkanes of at least 4 members (excludes halogenated alkanes) is 38. The summed E-state index contributed by atoms with van der Waals surface area (Å²) < 4.78 is 30.6. The molecule has 0 rings (SSSR count). The van der Waals surface area contributed by atoms with Crippen LogP contribution in [-0.2, 0) is 27.9 Å². The Morgan fingerprint density at radius 1 is 0.500 bits per heavy atom. The van der Waals surface area contributed by atoms with Crippen molar-refractivity contribution in [3.05, 3.63) is 12.2 Å². The van der Waals surface area contributed by atoms with Gasteiger partial charge in [-0.3, -0.25) is 18.6 Å². The SMILES string of the molecule is CCCCCCCCCCC/C=C/C(OC(=O)CCCCCCCCCCCCCCCCC)C(COP(=O)(O)OCC[N+](C)(C)C)NC(=O)CCCCCCCCCCCCCCCCCC. The molecule has 404 valence electrons. The Morgan fingerprint density at radius 3 is 1.21 bits per heavy atom. The van der Waals surface area contributed by atoms with Gasteiger partial charge < -0.3 is 19.4 Å². The van der Waals surface area contributed by atoms with Crippen molar-refractivity contribution in [1.82, 2.24) is 5.32 Å². The Morgan fingerprint density at radius 2 is 0.838 bits per heavy atom. The van der Waals surface area contributed by atoms with Crippen LogP contribution in [0.3, 0.4) is 0 Å². The van der Waals surface area contributed by atoms with Gasteiger partial charge in [-0.05, 0) is 31.8 Å². The highest BCUT2D eigenvalue weighted by Gasteiger charge is 2.30. The molecule has 3 atom stereocenters. The van der Waals surface area contributed by atoms with E-state index in [4.69, 9.17) is 13.8 Å². The third kappa shape index (κ3) is 49.7. The van der Waals surface area contributed by atoms with Crippen LogP contribution in [0.15, 0.2) is 12.2 Å². The molecule has 0 aliphatic carbocycles. The van der Waals surface area contributed by atoms with Gasteiger partial charge in [0, 0.05) is 12.8 Å². The maximum Gasteiger partial charge on any atom is 0.472 e. The van der Waals surface area contributed by atoms with Gasteiger partial charge in [-0.25, -0.2) is 4.57 Å². The molecule has 0 aromatic rings. The third-order valence-corrected chi connectivity index (χ3v) is 14.5. The fourth-order valence-corrected chi connectivity index (χ4v) is 9.62. The summed E-state index contributed by atoms with van der Waals surface area (Å²) in [5.41, 5.74) is 0. The lowest BCUT2D eigenvalue weighted by Gasteiger charge is -2.27. The highest BCUT2D eigenvalue weighted by Crippen LogP contribution is 2.43. The number of esters is 1. The molecule has 0 aromatic carbocycles. The van der Waals surface area contributed by atoms with E-state index in [0.717, 1.165) is 57.8 Å². The predicted molar refractivity (Wildman–Crippen MR) is 291 cm³/mol.